The van der Waals surface area contributed by atoms with Crippen LogP contribution in [0, 0.1) is 0 Å². The zero-order chi connectivity index (χ0) is 13.9. The summed E-state index contributed by atoms with van der Waals surface area (Å²) in [6, 6.07) is 11.5. The molecule has 4 nitrogen and oxygen atoms in total. The van der Waals surface area contributed by atoms with Gasteiger partial charge in [-0.25, -0.2) is 4.98 Å². The van der Waals surface area contributed by atoms with Gasteiger partial charge in [-0.3, -0.25) is 4.79 Å². The predicted octanol–water partition coefficient (Wildman–Crippen LogP) is 2.07. The van der Waals surface area contributed by atoms with E-state index in [4.69, 9.17) is 0 Å². The summed E-state index contributed by atoms with van der Waals surface area (Å²) in [6.07, 6.45) is 4.21. The first kappa shape index (κ1) is 12.7. The molecule has 1 aromatic carbocycles. The molecular weight excluding hydrogens is 252 g/mol. The molecule has 0 saturated heterocycles. The van der Waals surface area contributed by atoms with Crippen LogP contribution < -0.4 is 5.32 Å². The molecule has 0 spiro atoms. The van der Waals surface area contributed by atoms with E-state index in [0.717, 1.165) is 19.3 Å². The van der Waals surface area contributed by atoms with E-state index in [1.165, 1.54) is 23.4 Å². The second-order valence-electron chi connectivity index (χ2n) is 5.05. The number of pyridine rings is 1. The number of fused-ring (bicyclic) bond motifs is 1. The van der Waals surface area contributed by atoms with Crippen molar-refractivity contribution in [2.45, 2.75) is 25.3 Å². The Kier molecular flexibility index (Phi) is 3.37. The van der Waals surface area contributed by atoms with Crippen LogP contribution >= 0.6 is 0 Å². The summed E-state index contributed by atoms with van der Waals surface area (Å²) in [5.74, 6) is -0.395. The van der Waals surface area contributed by atoms with Crippen molar-refractivity contribution in [2.24, 2.45) is 0 Å². The monoisotopic (exact) mass is 268 g/mol. The molecule has 1 unspecified atom stereocenters. The van der Waals surface area contributed by atoms with Crippen LogP contribution in [-0.2, 0) is 12.8 Å². The Hall–Kier alpha value is -2.36. The molecule has 102 valence electrons. The number of amides is 1. The number of aromatic nitrogens is 1. The van der Waals surface area contributed by atoms with Gasteiger partial charge in [0.15, 0.2) is 5.69 Å². The molecule has 1 aliphatic rings. The summed E-state index contributed by atoms with van der Waals surface area (Å²) in [5, 5.41) is 12.6. The molecule has 0 fully saturated rings. The van der Waals surface area contributed by atoms with E-state index in [9.17, 15) is 9.90 Å². The Morgan fingerprint density at radius 2 is 2.00 bits per heavy atom. The molecule has 1 aliphatic carbocycles. The Labute approximate surface area is 117 Å². The number of carbonyl (C=O) groups excluding carboxylic acids is 1. The smallest absolute Gasteiger partial charge is 0.273 e. The Morgan fingerprint density at radius 3 is 2.80 bits per heavy atom. The summed E-state index contributed by atoms with van der Waals surface area (Å²) in [4.78, 5) is 16.0. The zero-order valence-electron chi connectivity index (χ0n) is 11.0. The van der Waals surface area contributed by atoms with Crippen LogP contribution in [-0.4, -0.2) is 22.0 Å². The van der Waals surface area contributed by atoms with Gasteiger partial charge in [0, 0.05) is 12.2 Å². The molecule has 1 amide bonds. The van der Waals surface area contributed by atoms with Crippen LogP contribution in [0.1, 0.15) is 28.0 Å². The van der Waals surface area contributed by atoms with Crippen LogP contribution in [0.15, 0.2) is 42.6 Å². The van der Waals surface area contributed by atoms with E-state index in [1.54, 1.807) is 6.07 Å². The largest absolute Gasteiger partial charge is 0.505 e. The molecule has 0 saturated carbocycles. The lowest BCUT2D eigenvalue weighted by molar-refractivity contribution is 0.0925. The highest BCUT2D eigenvalue weighted by Crippen LogP contribution is 2.21. The number of carbonyl (C=O) groups is 1. The summed E-state index contributed by atoms with van der Waals surface area (Å²) in [5.41, 5.74) is 2.74. The fraction of sp³-hybridized carbons (Fsp3) is 0.250. The Bertz CT molecular complexity index is 640. The van der Waals surface area contributed by atoms with Crippen molar-refractivity contribution in [3.63, 3.8) is 0 Å². The van der Waals surface area contributed by atoms with Crippen molar-refractivity contribution in [3.05, 3.63) is 59.4 Å². The third-order valence-corrected chi connectivity index (χ3v) is 3.68. The minimum atomic E-state index is -0.313. The topological polar surface area (TPSA) is 62.2 Å². The summed E-state index contributed by atoms with van der Waals surface area (Å²) < 4.78 is 0. The molecule has 3 rings (SSSR count). The molecular formula is C16H16N2O2. The van der Waals surface area contributed by atoms with Crippen molar-refractivity contribution in [1.82, 2.24) is 10.3 Å². The summed E-state index contributed by atoms with van der Waals surface area (Å²) in [6.45, 7) is 0. The third kappa shape index (κ3) is 2.50. The highest BCUT2D eigenvalue weighted by molar-refractivity contribution is 5.94. The van der Waals surface area contributed by atoms with Crippen LogP contribution in [0.25, 0.3) is 0 Å². The SMILES string of the molecule is O=C(NC1CCc2ccccc2C1)c1ncccc1O. The predicted molar refractivity (Wildman–Crippen MR) is 75.6 cm³/mol. The van der Waals surface area contributed by atoms with Crippen molar-refractivity contribution >= 4 is 5.91 Å². The first-order chi connectivity index (χ1) is 9.74. The van der Waals surface area contributed by atoms with Crippen LogP contribution in [0.2, 0.25) is 0 Å². The molecule has 1 aromatic heterocycles. The van der Waals surface area contributed by atoms with Crippen LogP contribution in [0.3, 0.4) is 0 Å². The lowest BCUT2D eigenvalue weighted by Crippen LogP contribution is -2.39. The first-order valence-corrected chi connectivity index (χ1v) is 6.75. The molecule has 1 heterocycles. The molecule has 0 aliphatic heterocycles. The number of rotatable bonds is 2. The van der Waals surface area contributed by atoms with Crippen molar-refractivity contribution in [3.8, 4) is 5.75 Å². The fourth-order valence-corrected chi connectivity index (χ4v) is 2.65. The van der Waals surface area contributed by atoms with E-state index >= 15 is 0 Å². The first-order valence-electron chi connectivity index (χ1n) is 6.75. The highest BCUT2D eigenvalue weighted by atomic mass is 16.3. The van der Waals surface area contributed by atoms with Gasteiger partial charge in [0.05, 0.1) is 0 Å². The minimum absolute atomic E-state index is 0.0822. The van der Waals surface area contributed by atoms with Gasteiger partial charge in [-0.1, -0.05) is 24.3 Å². The molecule has 0 radical (unpaired) electrons. The summed E-state index contributed by atoms with van der Waals surface area (Å²) in [7, 11) is 0. The number of hydrogen-bond acceptors (Lipinski definition) is 3. The molecule has 4 heteroatoms. The molecule has 2 N–H and O–H groups in total. The molecule has 2 aromatic rings. The second kappa shape index (κ2) is 5.33. The molecule has 0 bridgehead atoms. The fourth-order valence-electron chi connectivity index (χ4n) is 2.65. The molecule has 20 heavy (non-hydrogen) atoms. The maximum absolute atomic E-state index is 12.1. The Morgan fingerprint density at radius 1 is 1.20 bits per heavy atom. The van der Waals surface area contributed by atoms with Crippen LogP contribution in [0.5, 0.6) is 5.75 Å². The highest BCUT2D eigenvalue weighted by Gasteiger charge is 2.21. The average molecular weight is 268 g/mol. The number of nitrogens with one attached hydrogen (secondary N) is 1. The van der Waals surface area contributed by atoms with Crippen LogP contribution in [0.4, 0.5) is 0 Å². The van der Waals surface area contributed by atoms with Gasteiger partial charge in [-0.2, -0.15) is 0 Å². The second-order valence-corrected chi connectivity index (χ2v) is 5.05. The normalized spacial score (nSPS) is 17.3. The van der Waals surface area contributed by atoms with Gasteiger partial charge >= 0.3 is 0 Å². The number of aryl methyl sites for hydroxylation is 1. The maximum atomic E-state index is 12.1. The van der Waals surface area contributed by atoms with Gasteiger partial charge in [0.25, 0.3) is 5.91 Å². The zero-order valence-corrected chi connectivity index (χ0v) is 11.0. The van der Waals surface area contributed by atoms with E-state index in [-0.39, 0.29) is 23.4 Å². The van der Waals surface area contributed by atoms with Gasteiger partial charge in [0.1, 0.15) is 5.75 Å². The lowest BCUT2D eigenvalue weighted by atomic mass is 9.88. The summed E-state index contributed by atoms with van der Waals surface area (Å²) >= 11 is 0. The third-order valence-electron chi connectivity index (χ3n) is 3.68. The average Bonchev–Trinajstić information content (AvgIpc) is 2.47. The van der Waals surface area contributed by atoms with Gasteiger partial charge < -0.3 is 10.4 Å². The number of nitrogens with zero attached hydrogens (tertiary/aromatic N) is 1. The van der Waals surface area contributed by atoms with E-state index in [2.05, 4.69) is 22.4 Å². The van der Waals surface area contributed by atoms with Gasteiger partial charge in [0.2, 0.25) is 0 Å². The molecule has 1 atom stereocenters. The standard InChI is InChI=1S/C16H16N2O2/c19-14-6-3-9-17-15(14)16(20)18-13-8-7-11-4-1-2-5-12(11)10-13/h1-6,9,13,19H,7-8,10H2,(H,18,20). The maximum Gasteiger partial charge on any atom is 0.273 e. The van der Waals surface area contributed by atoms with Crippen molar-refractivity contribution in [1.29, 1.82) is 0 Å². The van der Waals surface area contributed by atoms with Crippen molar-refractivity contribution < 1.29 is 9.90 Å². The van der Waals surface area contributed by atoms with Crippen molar-refractivity contribution in [2.75, 3.05) is 0 Å². The van der Waals surface area contributed by atoms with E-state index < -0.39 is 0 Å². The number of aromatic hydroxyl groups is 1. The Balaban J connectivity index is 1.71. The van der Waals surface area contributed by atoms with Gasteiger partial charge in [-0.05, 0) is 42.5 Å². The van der Waals surface area contributed by atoms with E-state index in [1.807, 2.05) is 12.1 Å². The minimum Gasteiger partial charge on any atom is -0.505 e. The number of benzene rings is 1. The lowest BCUT2D eigenvalue weighted by Gasteiger charge is -2.25. The van der Waals surface area contributed by atoms with Gasteiger partial charge in [-0.15, -0.1) is 0 Å². The number of hydrogen-bond donors (Lipinski definition) is 2. The quantitative estimate of drug-likeness (QED) is 0.876. The van der Waals surface area contributed by atoms with E-state index in [0.29, 0.717) is 0 Å².